The van der Waals surface area contributed by atoms with Crippen LogP contribution in [-0.4, -0.2) is 16.1 Å². The van der Waals surface area contributed by atoms with Gasteiger partial charge in [-0.1, -0.05) is 53.2 Å². The molecule has 0 spiro atoms. The standard InChI is InChI=1S/C20H18Cl2N2OS/c1-11-5-4-6-17-12(2)7-18(24-19(11)17)26-13(3)20(25)23-16-9-14(21)8-15(22)10-16/h4-10,13H,1-3H3,(H,23,25)/t13-/m0/s1. The Labute approximate surface area is 167 Å². The number of anilines is 1. The molecule has 1 N–H and O–H groups in total. The van der Waals surface area contributed by atoms with Crippen LogP contribution in [0.3, 0.4) is 0 Å². The summed E-state index contributed by atoms with van der Waals surface area (Å²) < 4.78 is 0. The fourth-order valence-electron chi connectivity index (χ4n) is 2.70. The first-order valence-corrected chi connectivity index (χ1v) is 9.77. The van der Waals surface area contributed by atoms with Crippen molar-refractivity contribution in [3.63, 3.8) is 0 Å². The number of benzene rings is 2. The molecule has 0 saturated heterocycles. The summed E-state index contributed by atoms with van der Waals surface area (Å²) in [5.74, 6) is -0.127. The molecule has 0 aliphatic heterocycles. The average Bonchev–Trinajstić information content (AvgIpc) is 2.55. The zero-order valence-corrected chi connectivity index (χ0v) is 17.0. The number of hydrogen-bond donors (Lipinski definition) is 1. The van der Waals surface area contributed by atoms with E-state index in [0.717, 1.165) is 27.1 Å². The molecule has 3 aromatic rings. The number of thioether (sulfide) groups is 1. The number of carbonyl (C=O) groups excluding carboxylic acids is 1. The first-order chi connectivity index (χ1) is 12.3. The molecule has 1 amide bonds. The van der Waals surface area contributed by atoms with E-state index in [4.69, 9.17) is 28.2 Å². The summed E-state index contributed by atoms with van der Waals surface area (Å²) in [4.78, 5) is 17.2. The summed E-state index contributed by atoms with van der Waals surface area (Å²) in [5, 5.41) is 5.46. The van der Waals surface area contributed by atoms with E-state index in [-0.39, 0.29) is 11.2 Å². The summed E-state index contributed by atoms with van der Waals surface area (Å²) in [6.45, 7) is 5.96. The number of nitrogens with zero attached hydrogens (tertiary/aromatic N) is 1. The molecule has 26 heavy (non-hydrogen) atoms. The van der Waals surface area contributed by atoms with Gasteiger partial charge in [-0.25, -0.2) is 4.98 Å². The predicted octanol–water partition coefficient (Wildman–Crippen LogP) is 6.28. The number of nitrogens with one attached hydrogen (secondary N) is 1. The fraction of sp³-hybridized carbons (Fsp3) is 0.200. The highest BCUT2D eigenvalue weighted by Crippen LogP contribution is 2.29. The molecule has 0 aliphatic carbocycles. The number of aryl methyl sites for hydroxylation is 2. The number of rotatable bonds is 4. The van der Waals surface area contributed by atoms with Crippen LogP contribution in [0.5, 0.6) is 0 Å². The summed E-state index contributed by atoms with van der Waals surface area (Å²) in [7, 11) is 0. The van der Waals surface area contributed by atoms with Gasteiger partial charge in [0.25, 0.3) is 0 Å². The van der Waals surface area contributed by atoms with Crippen molar-refractivity contribution in [3.8, 4) is 0 Å². The number of amides is 1. The van der Waals surface area contributed by atoms with Crippen molar-refractivity contribution in [3.05, 3.63) is 63.6 Å². The predicted molar refractivity (Wildman–Crippen MR) is 112 cm³/mol. The lowest BCUT2D eigenvalue weighted by atomic mass is 10.1. The Kier molecular flexibility index (Phi) is 5.76. The second-order valence-corrected chi connectivity index (χ2v) is 8.39. The van der Waals surface area contributed by atoms with E-state index < -0.39 is 0 Å². The smallest absolute Gasteiger partial charge is 0.237 e. The minimum absolute atomic E-state index is 0.127. The third-order valence-corrected chi connectivity index (χ3v) is 5.48. The molecule has 2 aromatic carbocycles. The molecule has 0 radical (unpaired) electrons. The van der Waals surface area contributed by atoms with Gasteiger partial charge in [-0.05, 0) is 56.2 Å². The zero-order chi connectivity index (χ0) is 18.8. The van der Waals surface area contributed by atoms with Gasteiger partial charge in [0.05, 0.1) is 15.8 Å². The minimum Gasteiger partial charge on any atom is -0.325 e. The molecular weight excluding hydrogens is 387 g/mol. The number of aromatic nitrogens is 1. The lowest BCUT2D eigenvalue weighted by Crippen LogP contribution is -2.22. The van der Waals surface area contributed by atoms with Crippen molar-refractivity contribution in [2.75, 3.05) is 5.32 Å². The Morgan fingerprint density at radius 3 is 2.46 bits per heavy atom. The zero-order valence-electron chi connectivity index (χ0n) is 14.6. The van der Waals surface area contributed by atoms with E-state index in [1.165, 1.54) is 11.8 Å². The number of halogens is 2. The Balaban J connectivity index is 1.78. The molecule has 1 heterocycles. The highest BCUT2D eigenvalue weighted by Gasteiger charge is 2.17. The minimum atomic E-state index is -0.318. The Morgan fingerprint density at radius 2 is 1.77 bits per heavy atom. The van der Waals surface area contributed by atoms with Crippen LogP contribution >= 0.6 is 35.0 Å². The number of fused-ring (bicyclic) bond motifs is 1. The van der Waals surface area contributed by atoms with Crippen molar-refractivity contribution >= 4 is 57.5 Å². The largest absolute Gasteiger partial charge is 0.325 e. The van der Waals surface area contributed by atoms with Crippen LogP contribution in [0.15, 0.2) is 47.5 Å². The molecule has 134 valence electrons. The average molecular weight is 405 g/mol. The van der Waals surface area contributed by atoms with Gasteiger partial charge in [-0.2, -0.15) is 0 Å². The Bertz CT molecular complexity index is 971. The van der Waals surface area contributed by atoms with E-state index in [0.29, 0.717) is 15.7 Å². The molecule has 0 bridgehead atoms. The van der Waals surface area contributed by atoms with Gasteiger partial charge >= 0.3 is 0 Å². The summed E-state index contributed by atoms with van der Waals surface area (Å²) in [5.41, 5.74) is 3.83. The van der Waals surface area contributed by atoms with Crippen molar-refractivity contribution < 1.29 is 4.79 Å². The monoisotopic (exact) mass is 404 g/mol. The molecule has 0 saturated carbocycles. The van der Waals surface area contributed by atoms with Crippen LogP contribution in [0.2, 0.25) is 10.0 Å². The van der Waals surface area contributed by atoms with Crippen LogP contribution in [0.1, 0.15) is 18.1 Å². The summed E-state index contributed by atoms with van der Waals surface area (Å²) in [6, 6.07) is 13.1. The first-order valence-electron chi connectivity index (χ1n) is 8.14. The molecule has 3 nitrogen and oxygen atoms in total. The number of hydrogen-bond acceptors (Lipinski definition) is 3. The molecule has 0 unspecified atom stereocenters. The summed E-state index contributed by atoms with van der Waals surface area (Å²) in [6.07, 6.45) is 0. The lowest BCUT2D eigenvalue weighted by molar-refractivity contribution is -0.115. The highest BCUT2D eigenvalue weighted by atomic mass is 35.5. The second kappa shape index (κ2) is 7.87. The van der Waals surface area contributed by atoms with Crippen molar-refractivity contribution in [1.29, 1.82) is 0 Å². The van der Waals surface area contributed by atoms with Crippen LogP contribution in [0, 0.1) is 13.8 Å². The van der Waals surface area contributed by atoms with Crippen LogP contribution in [-0.2, 0) is 4.79 Å². The van der Waals surface area contributed by atoms with E-state index in [2.05, 4.69) is 18.3 Å². The van der Waals surface area contributed by atoms with Gasteiger partial charge in [-0.3, -0.25) is 4.79 Å². The van der Waals surface area contributed by atoms with Gasteiger partial charge in [0.2, 0.25) is 5.91 Å². The maximum Gasteiger partial charge on any atom is 0.237 e. The van der Waals surface area contributed by atoms with E-state index in [9.17, 15) is 4.79 Å². The Hall–Kier alpha value is -1.75. The van der Waals surface area contributed by atoms with Crippen LogP contribution < -0.4 is 5.32 Å². The number of para-hydroxylation sites is 1. The molecule has 1 atom stereocenters. The second-order valence-electron chi connectivity index (χ2n) is 6.16. The van der Waals surface area contributed by atoms with Gasteiger partial charge in [0.1, 0.15) is 0 Å². The number of carbonyl (C=O) groups is 1. The van der Waals surface area contributed by atoms with Gasteiger partial charge < -0.3 is 5.32 Å². The van der Waals surface area contributed by atoms with Crippen molar-refractivity contribution in [2.45, 2.75) is 31.0 Å². The van der Waals surface area contributed by atoms with E-state index in [1.54, 1.807) is 18.2 Å². The molecular formula is C20H18Cl2N2OS. The van der Waals surface area contributed by atoms with Gasteiger partial charge in [0.15, 0.2) is 0 Å². The van der Waals surface area contributed by atoms with Gasteiger partial charge in [-0.15, -0.1) is 0 Å². The molecule has 6 heteroatoms. The van der Waals surface area contributed by atoms with Gasteiger partial charge in [0, 0.05) is 21.1 Å². The molecule has 0 aliphatic rings. The van der Waals surface area contributed by atoms with E-state index >= 15 is 0 Å². The van der Waals surface area contributed by atoms with Crippen LogP contribution in [0.4, 0.5) is 5.69 Å². The van der Waals surface area contributed by atoms with Crippen molar-refractivity contribution in [2.24, 2.45) is 0 Å². The third-order valence-electron chi connectivity index (χ3n) is 4.02. The van der Waals surface area contributed by atoms with E-state index in [1.807, 2.05) is 32.0 Å². The molecule has 0 fully saturated rings. The first kappa shape index (κ1) is 19.0. The SMILES string of the molecule is Cc1cc(S[C@@H](C)C(=O)Nc2cc(Cl)cc(Cl)c2)nc2c(C)cccc12. The Morgan fingerprint density at radius 1 is 1.08 bits per heavy atom. The van der Waals surface area contributed by atoms with Crippen LogP contribution in [0.25, 0.3) is 10.9 Å². The quantitative estimate of drug-likeness (QED) is 0.520. The van der Waals surface area contributed by atoms with Crippen molar-refractivity contribution in [1.82, 2.24) is 4.98 Å². The fourth-order valence-corrected chi connectivity index (χ4v) is 4.14. The maximum absolute atomic E-state index is 12.5. The highest BCUT2D eigenvalue weighted by molar-refractivity contribution is 8.00. The lowest BCUT2D eigenvalue weighted by Gasteiger charge is -2.14. The number of pyridine rings is 1. The normalized spacial score (nSPS) is 12.2. The molecule has 1 aromatic heterocycles. The maximum atomic E-state index is 12.5. The summed E-state index contributed by atoms with van der Waals surface area (Å²) >= 11 is 13.4. The molecule has 3 rings (SSSR count). The third kappa shape index (κ3) is 4.32. The topological polar surface area (TPSA) is 42.0 Å².